The van der Waals surface area contributed by atoms with Gasteiger partial charge in [-0.15, -0.1) is 5.10 Å². The van der Waals surface area contributed by atoms with Crippen molar-refractivity contribution in [2.45, 2.75) is 12.1 Å². The summed E-state index contributed by atoms with van der Waals surface area (Å²) >= 11 is 0. The lowest BCUT2D eigenvalue weighted by Crippen LogP contribution is -2.29. The van der Waals surface area contributed by atoms with Crippen LogP contribution < -0.4 is 5.32 Å². The summed E-state index contributed by atoms with van der Waals surface area (Å²) < 4.78 is 1.58. The van der Waals surface area contributed by atoms with E-state index in [0.717, 1.165) is 6.54 Å². The Morgan fingerprint density at radius 3 is 3.15 bits per heavy atom. The molecule has 2 N–H and O–H groups in total. The fraction of sp³-hybridized carbons (Fsp3) is 0.500. The molecule has 13 heavy (non-hydrogen) atoms. The molecule has 0 spiro atoms. The van der Waals surface area contributed by atoms with Gasteiger partial charge < -0.3 is 10.4 Å². The van der Waals surface area contributed by atoms with Crippen LogP contribution in [0.3, 0.4) is 0 Å². The van der Waals surface area contributed by atoms with Crippen molar-refractivity contribution in [2.75, 3.05) is 6.54 Å². The Morgan fingerprint density at radius 1 is 1.77 bits per heavy atom. The normalized spacial score (nSPS) is 23.7. The minimum Gasteiger partial charge on any atom is -0.385 e. The summed E-state index contributed by atoms with van der Waals surface area (Å²) in [5, 5.41) is 20.5. The summed E-state index contributed by atoms with van der Waals surface area (Å²) in [5.41, 5.74) is 0.603. The number of aliphatic hydroxyl groups is 1. The van der Waals surface area contributed by atoms with Crippen molar-refractivity contribution in [3.8, 4) is 0 Å². The molecule has 2 heterocycles. The van der Waals surface area contributed by atoms with E-state index in [9.17, 15) is 5.11 Å². The second-order valence-corrected chi connectivity index (χ2v) is 3.12. The van der Waals surface area contributed by atoms with Gasteiger partial charge in [-0.05, 0) is 0 Å². The van der Waals surface area contributed by atoms with Crippen LogP contribution in [0.5, 0.6) is 0 Å². The third-order valence-corrected chi connectivity index (χ3v) is 2.08. The fourth-order valence-electron chi connectivity index (χ4n) is 1.39. The predicted molar refractivity (Wildman–Crippen MR) is 46.9 cm³/mol. The molecule has 2 unspecified atom stereocenters. The van der Waals surface area contributed by atoms with E-state index in [4.69, 9.17) is 0 Å². The third kappa shape index (κ3) is 1.61. The Balaban J connectivity index is 2.12. The van der Waals surface area contributed by atoms with E-state index in [-0.39, 0.29) is 6.04 Å². The summed E-state index contributed by atoms with van der Waals surface area (Å²) in [6, 6.07) is -0.0308. The molecule has 0 amide bonds. The average Bonchev–Trinajstić information content (AvgIpc) is 2.72. The fourth-order valence-corrected chi connectivity index (χ4v) is 1.39. The first-order chi connectivity index (χ1) is 6.27. The van der Waals surface area contributed by atoms with Gasteiger partial charge in [-0.3, -0.25) is 4.68 Å². The molecular weight excluding hydrogens is 168 g/mol. The Labute approximate surface area is 76.1 Å². The first-order valence-electron chi connectivity index (χ1n) is 4.22. The van der Waals surface area contributed by atoms with Crippen LogP contribution in [0.4, 0.5) is 0 Å². The minimum absolute atomic E-state index is 0.0308. The first kappa shape index (κ1) is 8.40. The summed E-state index contributed by atoms with van der Waals surface area (Å²) in [5.74, 6) is 0. The van der Waals surface area contributed by atoms with Crippen LogP contribution in [0, 0.1) is 0 Å². The molecule has 0 bridgehead atoms. The van der Waals surface area contributed by atoms with Crippen molar-refractivity contribution in [3.05, 3.63) is 24.0 Å². The molecule has 5 nitrogen and oxygen atoms in total. The summed E-state index contributed by atoms with van der Waals surface area (Å²) in [7, 11) is 1.78. The van der Waals surface area contributed by atoms with Gasteiger partial charge >= 0.3 is 0 Å². The number of nitrogens with zero attached hydrogens (tertiary/aromatic N) is 3. The zero-order valence-corrected chi connectivity index (χ0v) is 7.38. The molecule has 2 rings (SSSR count). The highest BCUT2D eigenvalue weighted by atomic mass is 16.3. The molecule has 1 aliphatic rings. The van der Waals surface area contributed by atoms with E-state index >= 15 is 0 Å². The topological polar surface area (TPSA) is 63.0 Å². The molecule has 1 aliphatic heterocycles. The maximum absolute atomic E-state index is 9.80. The van der Waals surface area contributed by atoms with Crippen LogP contribution in [-0.4, -0.2) is 32.7 Å². The van der Waals surface area contributed by atoms with Crippen LogP contribution in [0.25, 0.3) is 0 Å². The Kier molecular flexibility index (Phi) is 2.12. The number of hydrogen-bond acceptors (Lipinski definition) is 4. The van der Waals surface area contributed by atoms with Crippen molar-refractivity contribution < 1.29 is 5.11 Å². The van der Waals surface area contributed by atoms with Gasteiger partial charge in [0.1, 0.15) is 11.8 Å². The molecule has 0 saturated heterocycles. The van der Waals surface area contributed by atoms with Gasteiger partial charge in [0.25, 0.3) is 0 Å². The largest absolute Gasteiger partial charge is 0.385 e. The third-order valence-electron chi connectivity index (χ3n) is 2.08. The van der Waals surface area contributed by atoms with Crippen LogP contribution in [0.15, 0.2) is 18.3 Å². The molecule has 2 atom stereocenters. The van der Waals surface area contributed by atoms with Gasteiger partial charge in [0.05, 0.1) is 12.2 Å². The van der Waals surface area contributed by atoms with Crippen molar-refractivity contribution in [1.82, 2.24) is 20.3 Å². The van der Waals surface area contributed by atoms with Crippen LogP contribution in [0.2, 0.25) is 0 Å². The molecule has 1 aromatic heterocycles. The number of rotatable bonds is 2. The number of aliphatic hydroxyl groups excluding tert-OH is 1. The van der Waals surface area contributed by atoms with E-state index in [1.54, 1.807) is 17.9 Å². The lowest BCUT2D eigenvalue weighted by atomic mass is 10.1. The second kappa shape index (κ2) is 3.27. The Bertz CT molecular complexity index is 320. The van der Waals surface area contributed by atoms with Gasteiger partial charge in [0.2, 0.25) is 0 Å². The SMILES string of the molecule is Cn1cc(C(O)C2C=CCN2)nn1. The van der Waals surface area contributed by atoms with E-state index in [0.29, 0.717) is 5.69 Å². The van der Waals surface area contributed by atoms with Crippen molar-refractivity contribution in [1.29, 1.82) is 0 Å². The maximum Gasteiger partial charge on any atom is 0.118 e. The Morgan fingerprint density at radius 2 is 2.62 bits per heavy atom. The molecule has 5 heteroatoms. The molecule has 70 valence electrons. The predicted octanol–water partition coefficient (Wildman–Crippen LogP) is -0.624. The quantitative estimate of drug-likeness (QED) is 0.595. The van der Waals surface area contributed by atoms with Crippen LogP contribution in [-0.2, 0) is 7.05 Å². The highest BCUT2D eigenvalue weighted by Crippen LogP contribution is 2.16. The summed E-state index contributed by atoms with van der Waals surface area (Å²) in [6.07, 6.45) is 5.05. The molecule has 0 aliphatic carbocycles. The van der Waals surface area contributed by atoms with Crippen LogP contribution in [0.1, 0.15) is 11.8 Å². The molecular formula is C8H12N4O. The monoisotopic (exact) mass is 180 g/mol. The molecule has 0 aromatic carbocycles. The zero-order chi connectivity index (χ0) is 9.26. The van der Waals surface area contributed by atoms with Crippen LogP contribution >= 0.6 is 0 Å². The summed E-state index contributed by atoms with van der Waals surface area (Å²) in [4.78, 5) is 0. The number of hydrogen-bond donors (Lipinski definition) is 2. The standard InChI is InChI=1S/C8H12N4O/c1-12-5-7(10-11-12)8(13)6-3-2-4-9-6/h2-3,5-6,8-9,13H,4H2,1H3. The number of aromatic nitrogens is 3. The molecule has 0 fully saturated rings. The molecule has 0 radical (unpaired) electrons. The molecule has 0 saturated carbocycles. The Hall–Kier alpha value is -1.20. The lowest BCUT2D eigenvalue weighted by Gasteiger charge is -2.13. The first-order valence-corrected chi connectivity index (χ1v) is 4.22. The highest BCUT2D eigenvalue weighted by molar-refractivity contribution is 5.12. The van der Waals surface area contributed by atoms with Gasteiger partial charge in [-0.2, -0.15) is 0 Å². The average molecular weight is 180 g/mol. The van der Waals surface area contributed by atoms with E-state index in [2.05, 4.69) is 15.6 Å². The van der Waals surface area contributed by atoms with Gasteiger partial charge in [-0.1, -0.05) is 17.4 Å². The van der Waals surface area contributed by atoms with Crippen molar-refractivity contribution in [2.24, 2.45) is 7.05 Å². The molecule has 1 aromatic rings. The smallest absolute Gasteiger partial charge is 0.118 e. The second-order valence-electron chi connectivity index (χ2n) is 3.12. The van der Waals surface area contributed by atoms with Gasteiger partial charge in [0.15, 0.2) is 0 Å². The minimum atomic E-state index is -0.604. The van der Waals surface area contributed by atoms with Crippen molar-refractivity contribution in [3.63, 3.8) is 0 Å². The highest BCUT2D eigenvalue weighted by Gasteiger charge is 2.22. The maximum atomic E-state index is 9.80. The number of aryl methyl sites for hydroxylation is 1. The van der Waals surface area contributed by atoms with E-state index in [1.165, 1.54) is 0 Å². The zero-order valence-electron chi connectivity index (χ0n) is 7.38. The van der Waals surface area contributed by atoms with Gasteiger partial charge in [-0.25, -0.2) is 0 Å². The van der Waals surface area contributed by atoms with Crippen molar-refractivity contribution >= 4 is 0 Å². The lowest BCUT2D eigenvalue weighted by molar-refractivity contribution is 0.148. The summed E-state index contributed by atoms with van der Waals surface area (Å²) in [6.45, 7) is 0.808. The van der Waals surface area contributed by atoms with Gasteiger partial charge in [0, 0.05) is 13.6 Å². The number of nitrogens with one attached hydrogen (secondary N) is 1. The van der Waals surface area contributed by atoms with E-state index < -0.39 is 6.10 Å². The van der Waals surface area contributed by atoms with E-state index in [1.807, 2.05) is 12.2 Å².